The normalized spacial score (nSPS) is 17.2. The maximum absolute atomic E-state index is 14.3. The maximum atomic E-state index is 14.3. The lowest BCUT2D eigenvalue weighted by Crippen LogP contribution is -2.66. The third kappa shape index (κ3) is 5.09. The molecule has 1 unspecified atom stereocenters. The average Bonchev–Trinajstić information content (AvgIpc) is 3.29. The van der Waals surface area contributed by atoms with Gasteiger partial charge in [0, 0.05) is 30.7 Å². The molecule has 1 aliphatic heterocycles. The molecule has 1 atom stereocenters. The van der Waals surface area contributed by atoms with Crippen LogP contribution in [0, 0.1) is 16.7 Å². The Balaban J connectivity index is 1.38. The summed E-state index contributed by atoms with van der Waals surface area (Å²) >= 11 is 0. The predicted octanol–water partition coefficient (Wildman–Crippen LogP) is 2.75. The summed E-state index contributed by atoms with van der Waals surface area (Å²) < 4.78 is 20.7. The SMILES string of the molecule is COC(=O)N1CC2(CC(Nc3cc(-c4ccc5cc(C#N)cnn45)ncc3C(=O)NCC(F)C(C)(C)O)C2)C1. The van der Waals surface area contributed by atoms with E-state index in [1.165, 1.54) is 33.4 Å². The Morgan fingerprint density at radius 1 is 1.31 bits per heavy atom. The molecule has 12 heteroatoms. The third-order valence-electron chi connectivity index (χ3n) is 7.45. The van der Waals surface area contributed by atoms with Crippen molar-refractivity contribution in [3.8, 4) is 17.5 Å². The molecule has 1 spiro atoms. The van der Waals surface area contributed by atoms with Crippen molar-refractivity contribution < 1.29 is 23.8 Å². The maximum Gasteiger partial charge on any atom is 0.409 e. The molecule has 0 radical (unpaired) electrons. The van der Waals surface area contributed by atoms with E-state index in [0.717, 1.165) is 18.4 Å². The molecule has 39 heavy (non-hydrogen) atoms. The largest absolute Gasteiger partial charge is 0.453 e. The molecule has 3 aromatic rings. The van der Waals surface area contributed by atoms with E-state index >= 15 is 0 Å². The topological polar surface area (TPSA) is 145 Å². The van der Waals surface area contributed by atoms with Gasteiger partial charge in [-0.2, -0.15) is 10.4 Å². The van der Waals surface area contributed by atoms with Gasteiger partial charge in [0.15, 0.2) is 0 Å². The van der Waals surface area contributed by atoms with Crippen LogP contribution < -0.4 is 10.6 Å². The molecule has 1 aliphatic carbocycles. The van der Waals surface area contributed by atoms with E-state index in [9.17, 15) is 19.1 Å². The Morgan fingerprint density at radius 3 is 2.72 bits per heavy atom. The fraction of sp³-hybridized carbons (Fsp3) is 0.444. The molecule has 0 aromatic carbocycles. The highest BCUT2D eigenvalue weighted by Crippen LogP contribution is 2.49. The third-order valence-corrected chi connectivity index (χ3v) is 7.45. The van der Waals surface area contributed by atoms with Gasteiger partial charge in [0.1, 0.15) is 12.2 Å². The number of nitrogens with zero attached hydrogens (tertiary/aromatic N) is 5. The molecule has 2 amide bonds. The molecule has 1 saturated heterocycles. The second-order valence-corrected chi connectivity index (χ2v) is 10.9. The molecule has 0 bridgehead atoms. The molecular weight excluding hydrogens is 505 g/mol. The number of anilines is 1. The zero-order valence-electron chi connectivity index (χ0n) is 21.9. The second kappa shape index (κ2) is 9.81. The number of hydrogen-bond acceptors (Lipinski definition) is 8. The Bertz CT molecular complexity index is 1460. The van der Waals surface area contributed by atoms with Crippen LogP contribution in [0.4, 0.5) is 14.9 Å². The minimum Gasteiger partial charge on any atom is -0.453 e. The van der Waals surface area contributed by atoms with Crippen LogP contribution in [0.15, 0.2) is 36.7 Å². The van der Waals surface area contributed by atoms with Gasteiger partial charge in [-0.25, -0.2) is 13.7 Å². The van der Waals surface area contributed by atoms with Crippen molar-refractivity contribution in [3.63, 3.8) is 0 Å². The van der Waals surface area contributed by atoms with Gasteiger partial charge in [-0.05, 0) is 51.0 Å². The lowest BCUT2D eigenvalue weighted by molar-refractivity contribution is -0.0554. The van der Waals surface area contributed by atoms with Crippen molar-refractivity contribution in [2.75, 3.05) is 32.1 Å². The van der Waals surface area contributed by atoms with Gasteiger partial charge < -0.3 is 25.4 Å². The van der Waals surface area contributed by atoms with Gasteiger partial charge in [0.25, 0.3) is 5.91 Å². The van der Waals surface area contributed by atoms with Crippen molar-refractivity contribution in [2.45, 2.75) is 44.5 Å². The molecule has 1 saturated carbocycles. The van der Waals surface area contributed by atoms with E-state index in [1.807, 2.05) is 12.1 Å². The molecule has 11 nitrogen and oxygen atoms in total. The summed E-state index contributed by atoms with van der Waals surface area (Å²) in [7, 11) is 1.37. The number of aliphatic hydroxyl groups is 1. The number of fused-ring (bicyclic) bond motifs is 1. The second-order valence-electron chi connectivity index (χ2n) is 10.9. The van der Waals surface area contributed by atoms with E-state index in [0.29, 0.717) is 35.7 Å². The minimum absolute atomic E-state index is 0.0401. The van der Waals surface area contributed by atoms with E-state index in [4.69, 9.17) is 10.00 Å². The first-order valence-corrected chi connectivity index (χ1v) is 12.6. The van der Waals surface area contributed by atoms with Gasteiger partial charge >= 0.3 is 6.09 Å². The Kier molecular flexibility index (Phi) is 6.64. The standard InChI is InChI=1S/C27H30FN7O4/c1-26(2,38)23(28)13-31-24(36)19-12-30-21(22-5-4-18-6-16(10-29)11-32-35(18)22)7-20(19)33-17-8-27(9-17)14-34(15-27)25(37)39-3/h4-7,11-12,17,23,38H,8-9,13-15H2,1-3H3,(H,30,33)(H,31,36). The summed E-state index contributed by atoms with van der Waals surface area (Å²) in [6, 6.07) is 9.28. The summed E-state index contributed by atoms with van der Waals surface area (Å²) in [5, 5.41) is 29.4. The first-order chi connectivity index (χ1) is 18.5. The predicted molar refractivity (Wildman–Crippen MR) is 140 cm³/mol. The van der Waals surface area contributed by atoms with Crippen LogP contribution in [0.3, 0.4) is 0 Å². The number of nitrogens with one attached hydrogen (secondary N) is 2. The van der Waals surface area contributed by atoms with Crippen LogP contribution in [-0.4, -0.2) is 81.2 Å². The fourth-order valence-electron chi connectivity index (χ4n) is 5.26. The van der Waals surface area contributed by atoms with Crippen molar-refractivity contribution in [2.24, 2.45) is 5.41 Å². The van der Waals surface area contributed by atoms with Crippen LogP contribution >= 0.6 is 0 Å². The highest BCUT2D eigenvalue weighted by atomic mass is 19.1. The molecule has 3 N–H and O–H groups in total. The Hall–Kier alpha value is -4.24. The Morgan fingerprint density at radius 2 is 2.05 bits per heavy atom. The van der Waals surface area contributed by atoms with Gasteiger partial charge in [0.05, 0.1) is 59.2 Å². The highest BCUT2D eigenvalue weighted by molar-refractivity contribution is 6.00. The Labute approximate surface area is 224 Å². The highest BCUT2D eigenvalue weighted by Gasteiger charge is 2.54. The fourth-order valence-corrected chi connectivity index (χ4v) is 5.26. The number of pyridine rings is 1. The molecular formula is C27H30FN7O4. The number of nitriles is 1. The van der Waals surface area contributed by atoms with Crippen molar-refractivity contribution in [3.05, 3.63) is 47.8 Å². The van der Waals surface area contributed by atoms with Crippen LogP contribution in [-0.2, 0) is 4.74 Å². The zero-order chi connectivity index (χ0) is 27.9. The number of methoxy groups -OCH3 is 1. The number of rotatable bonds is 7. The van der Waals surface area contributed by atoms with Crippen LogP contribution in [0.1, 0.15) is 42.6 Å². The van der Waals surface area contributed by atoms with E-state index in [1.54, 1.807) is 21.5 Å². The van der Waals surface area contributed by atoms with Crippen LogP contribution in [0.5, 0.6) is 0 Å². The van der Waals surface area contributed by atoms with E-state index < -0.39 is 17.7 Å². The summed E-state index contributed by atoms with van der Waals surface area (Å²) in [6.07, 6.45) is 2.56. The number of aromatic nitrogens is 3. The summed E-state index contributed by atoms with van der Waals surface area (Å²) in [6.45, 7) is 3.60. The number of carbonyl (C=O) groups excluding carboxylic acids is 2. The molecule has 4 heterocycles. The summed E-state index contributed by atoms with van der Waals surface area (Å²) in [5.41, 5.74) is 1.62. The summed E-state index contributed by atoms with van der Waals surface area (Å²) in [5.74, 6) is -0.519. The first-order valence-electron chi connectivity index (χ1n) is 12.6. The molecule has 2 fully saturated rings. The number of halogens is 1. The lowest BCUT2D eigenvalue weighted by Gasteiger charge is -2.58. The minimum atomic E-state index is -1.65. The van der Waals surface area contributed by atoms with Crippen molar-refractivity contribution in [1.29, 1.82) is 5.26 Å². The van der Waals surface area contributed by atoms with Gasteiger partial charge in [0.2, 0.25) is 0 Å². The summed E-state index contributed by atoms with van der Waals surface area (Å²) in [4.78, 5) is 31.0. The molecule has 204 valence electrons. The van der Waals surface area contributed by atoms with Gasteiger partial charge in [-0.15, -0.1) is 0 Å². The monoisotopic (exact) mass is 535 g/mol. The van der Waals surface area contributed by atoms with E-state index in [-0.39, 0.29) is 29.7 Å². The molecule has 3 aromatic heterocycles. The lowest BCUT2D eigenvalue weighted by atomic mass is 9.60. The average molecular weight is 536 g/mol. The molecule has 2 aliphatic rings. The quantitative estimate of drug-likeness (QED) is 0.419. The zero-order valence-corrected chi connectivity index (χ0v) is 21.9. The van der Waals surface area contributed by atoms with Crippen LogP contribution in [0.2, 0.25) is 0 Å². The number of alkyl halides is 1. The molecule has 5 rings (SSSR count). The number of amides is 2. The first kappa shape index (κ1) is 26.4. The number of ether oxygens (including phenoxy) is 1. The number of likely N-dealkylation sites (tertiary alicyclic amines) is 1. The van der Waals surface area contributed by atoms with Crippen molar-refractivity contribution >= 4 is 23.2 Å². The van der Waals surface area contributed by atoms with Crippen molar-refractivity contribution in [1.82, 2.24) is 24.8 Å². The van der Waals surface area contributed by atoms with Crippen LogP contribution in [0.25, 0.3) is 16.9 Å². The number of hydrogen-bond donors (Lipinski definition) is 3. The van der Waals surface area contributed by atoms with Gasteiger partial charge in [-0.3, -0.25) is 9.78 Å². The van der Waals surface area contributed by atoms with E-state index in [2.05, 4.69) is 26.8 Å². The number of carbonyl (C=O) groups is 2. The van der Waals surface area contributed by atoms with Gasteiger partial charge in [-0.1, -0.05) is 0 Å². The smallest absolute Gasteiger partial charge is 0.409 e.